The fourth-order valence-electron chi connectivity index (χ4n) is 1.93. The average Bonchev–Trinajstić information content (AvgIpc) is 2.51. The standard InChI is InChI=1S/C15H15ClFN3O3S/c16-12-2-1-3-13(14(12)17)20-15(21)19-9-8-10-4-6-11(7-5-10)24(18,22)23/h1-7H,8-9H2,(H2,18,22,23)(H2,19,20,21). The van der Waals surface area contributed by atoms with Crippen LogP contribution < -0.4 is 15.8 Å². The first-order valence-corrected chi connectivity index (χ1v) is 8.80. The van der Waals surface area contributed by atoms with Gasteiger partial charge in [-0.1, -0.05) is 29.8 Å². The Labute approximate surface area is 143 Å². The number of nitrogens with two attached hydrogens (primary N) is 1. The molecule has 0 heterocycles. The summed E-state index contributed by atoms with van der Waals surface area (Å²) in [5.74, 6) is -0.701. The number of urea groups is 1. The van der Waals surface area contributed by atoms with Crippen molar-refractivity contribution in [1.82, 2.24) is 5.32 Å². The summed E-state index contributed by atoms with van der Waals surface area (Å²) in [5, 5.41) is 9.86. The zero-order valence-electron chi connectivity index (χ0n) is 12.4. The Morgan fingerprint density at radius 2 is 1.83 bits per heavy atom. The summed E-state index contributed by atoms with van der Waals surface area (Å²) in [5.41, 5.74) is 0.800. The van der Waals surface area contributed by atoms with E-state index in [9.17, 15) is 17.6 Å². The molecule has 0 radical (unpaired) electrons. The van der Waals surface area contributed by atoms with E-state index in [0.29, 0.717) is 6.42 Å². The first-order chi connectivity index (χ1) is 11.3. The average molecular weight is 372 g/mol. The highest BCUT2D eigenvalue weighted by molar-refractivity contribution is 7.89. The summed E-state index contributed by atoms with van der Waals surface area (Å²) in [6, 6.07) is 9.73. The molecule has 2 aromatic rings. The molecule has 6 nitrogen and oxygen atoms in total. The van der Waals surface area contributed by atoms with Gasteiger partial charge in [-0.05, 0) is 36.2 Å². The number of rotatable bonds is 5. The maximum Gasteiger partial charge on any atom is 0.319 e. The Kier molecular flexibility index (Phi) is 5.76. The van der Waals surface area contributed by atoms with E-state index in [2.05, 4.69) is 10.6 Å². The second-order valence-corrected chi connectivity index (χ2v) is 6.89. The van der Waals surface area contributed by atoms with Gasteiger partial charge in [0, 0.05) is 6.54 Å². The third-order valence-corrected chi connectivity index (χ3v) is 4.37. The molecule has 128 valence electrons. The lowest BCUT2D eigenvalue weighted by molar-refractivity contribution is 0.252. The van der Waals surface area contributed by atoms with E-state index in [0.717, 1.165) is 5.56 Å². The third kappa shape index (κ3) is 4.92. The maximum atomic E-state index is 13.6. The Bertz CT molecular complexity index is 842. The fourth-order valence-corrected chi connectivity index (χ4v) is 2.62. The number of hydrogen-bond acceptors (Lipinski definition) is 3. The molecule has 0 aromatic heterocycles. The zero-order valence-corrected chi connectivity index (χ0v) is 14.0. The van der Waals surface area contributed by atoms with E-state index >= 15 is 0 Å². The first-order valence-electron chi connectivity index (χ1n) is 6.88. The minimum atomic E-state index is -3.72. The summed E-state index contributed by atoms with van der Waals surface area (Å²) < 4.78 is 35.9. The van der Waals surface area contributed by atoms with Crippen LogP contribution in [0.3, 0.4) is 0 Å². The number of amides is 2. The number of hydrogen-bond donors (Lipinski definition) is 3. The Morgan fingerprint density at radius 1 is 1.17 bits per heavy atom. The van der Waals surface area contributed by atoms with Gasteiger partial charge >= 0.3 is 6.03 Å². The van der Waals surface area contributed by atoms with Gasteiger partial charge in [0.05, 0.1) is 15.6 Å². The molecule has 0 fully saturated rings. The van der Waals surface area contributed by atoms with Gasteiger partial charge in [0.2, 0.25) is 10.0 Å². The van der Waals surface area contributed by atoms with Crippen LogP contribution in [-0.2, 0) is 16.4 Å². The summed E-state index contributed by atoms with van der Waals surface area (Å²) in [6.45, 7) is 0.280. The maximum absolute atomic E-state index is 13.6. The van der Waals surface area contributed by atoms with Gasteiger partial charge < -0.3 is 10.6 Å². The molecule has 0 aliphatic carbocycles. The van der Waals surface area contributed by atoms with Crippen LogP contribution in [0.15, 0.2) is 47.4 Å². The first kappa shape index (κ1) is 18.2. The number of nitrogens with one attached hydrogen (secondary N) is 2. The molecule has 2 aromatic carbocycles. The van der Waals surface area contributed by atoms with E-state index in [4.69, 9.17) is 16.7 Å². The molecule has 4 N–H and O–H groups in total. The van der Waals surface area contributed by atoms with Crippen molar-refractivity contribution in [1.29, 1.82) is 0 Å². The molecule has 0 aliphatic heterocycles. The molecule has 2 amide bonds. The van der Waals surface area contributed by atoms with E-state index in [1.54, 1.807) is 12.1 Å². The number of carbonyl (C=O) groups is 1. The molecule has 0 aliphatic rings. The van der Waals surface area contributed by atoms with Gasteiger partial charge in [0.15, 0.2) is 5.82 Å². The van der Waals surface area contributed by atoms with E-state index < -0.39 is 21.9 Å². The highest BCUT2D eigenvalue weighted by Gasteiger charge is 2.09. The lowest BCUT2D eigenvalue weighted by atomic mass is 10.1. The number of halogens is 2. The van der Waals surface area contributed by atoms with Gasteiger partial charge in [-0.2, -0.15) is 0 Å². The van der Waals surface area contributed by atoms with Crippen LogP contribution in [0.1, 0.15) is 5.56 Å². The molecule has 0 saturated heterocycles. The second kappa shape index (κ2) is 7.61. The van der Waals surface area contributed by atoms with E-state index in [-0.39, 0.29) is 22.2 Å². The van der Waals surface area contributed by atoms with Crippen LogP contribution in [0, 0.1) is 5.82 Å². The highest BCUT2D eigenvalue weighted by Crippen LogP contribution is 2.21. The molecular formula is C15H15ClFN3O3S. The molecular weight excluding hydrogens is 357 g/mol. The van der Waals surface area contributed by atoms with Gasteiger partial charge in [0.25, 0.3) is 0 Å². The Hall–Kier alpha value is -2.16. The minimum absolute atomic E-state index is 0.0162. The lowest BCUT2D eigenvalue weighted by Crippen LogP contribution is -2.30. The van der Waals surface area contributed by atoms with Crippen molar-refractivity contribution in [2.24, 2.45) is 5.14 Å². The fraction of sp³-hybridized carbons (Fsp3) is 0.133. The topological polar surface area (TPSA) is 101 Å². The third-order valence-electron chi connectivity index (χ3n) is 3.15. The van der Waals surface area contributed by atoms with Gasteiger partial charge in [0.1, 0.15) is 0 Å². The predicted octanol–water partition coefficient (Wildman–Crippen LogP) is 2.49. The molecule has 2 rings (SSSR count). The number of carbonyl (C=O) groups excluding carboxylic acids is 1. The summed E-state index contributed by atoms with van der Waals surface area (Å²) in [4.78, 5) is 11.7. The van der Waals surface area contributed by atoms with Crippen molar-refractivity contribution in [2.75, 3.05) is 11.9 Å². The number of benzene rings is 2. The number of anilines is 1. The molecule has 0 atom stereocenters. The largest absolute Gasteiger partial charge is 0.338 e. The van der Waals surface area contributed by atoms with Crippen LogP contribution in [-0.4, -0.2) is 21.0 Å². The Balaban J connectivity index is 1.85. The van der Waals surface area contributed by atoms with Crippen LogP contribution in [0.25, 0.3) is 0 Å². The Morgan fingerprint density at radius 3 is 2.46 bits per heavy atom. The smallest absolute Gasteiger partial charge is 0.319 e. The lowest BCUT2D eigenvalue weighted by Gasteiger charge is -2.09. The second-order valence-electron chi connectivity index (χ2n) is 4.92. The molecule has 0 unspecified atom stereocenters. The SMILES string of the molecule is NS(=O)(=O)c1ccc(CCNC(=O)Nc2cccc(Cl)c2F)cc1. The number of sulfonamides is 1. The zero-order chi connectivity index (χ0) is 17.7. The van der Waals surface area contributed by atoms with E-state index in [1.807, 2.05) is 0 Å². The number of primary sulfonamides is 1. The van der Waals surface area contributed by atoms with Crippen molar-refractivity contribution >= 4 is 33.3 Å². The quantitative estimate of drug-likeness (QED) is 0.752. The summed E-state index contributed by atoms with van der Waals surface area (Å²) in [7, 11) is -3.72. The van der Waals surface area contributed by atoms with Gasteiger partial charge in [-0.25, -0.2) is 22.7 Å². The summed E-state index contributed by atoms with van der Waals surface area (Å²) >= 11 is 5.63. The monoisotopic (exact) mass is 371 g/mol. The highest BCUT2D eigenvalue weighted by atomic mass is 35.5. The normalized spacial score (nSPS) is 11.1. The van der Waals surface area contributed by atoms with Crippen molar-refractivity contribution in [3.8, 4) is 0 Å². The van der Waals surface area contributed by atoms with Gasteiger partial charge in [-0.15, -0.1) is 0 Å². The van der Waals surface area contributed by atoms with Crippen molar-refractivity contribution in [3.63, 3.8) is 0 Å². The van der Waals surface area contributed by atoms with Crippen LogP contribution in [0.5, 0.6) is 0 Å². The van der Waals surface area contributed by atoms with Gasteiger partial charge in [-0.3, -0.25) is 0 Å². The molecule has 0 bridgehead atoms. The minimum Gasteiger partial charge on any atom is -0.338 e. The van der Waals surface area contributed by atoms with Crippen LogP contribution in [0.4, 0.5) is 14.9 Å². The molecule has 24 heavy (non-hydrogen) atoms. The predicted molar refractivity (Wildman–Crippen MR) is 90.0 cm³/mol. The van der Waals surface area contributed by atoms with Crippen molar-refractivity contribution in [3.05, 3.63) is 58.9 Å². The molecule has 0 spiro atoms. The van der Waals surface area contributed by atoms with Crippen molar-refractivity contribution in [2.45, 2.75) is 11.3 Å². The van der Waals surface area contributed by atoms with Crippen LogP contribution >= 0.6 is 11.6 Å². The van der Waals surface area contributed by atoms with Crippen molar-refractivity contribution < 1.29 is 17.6 Å². The molecule has 9 heteroatoms. The molecule has 0 saturated carbocycles. The van der Waals surface area contributed by atoms with Crippen LogP contribution in [0.2, 0.25) is 5.02 Å². The van der Waals surface area contributed by atoms with E-state index in [1.165, 1.54) is 30.3 Å². The summed E-state index contributed by atoms with van der Waals surface area (Å²) in [6.07, 6.45) is 0.469.